The molecule has 2 aliphatic carbocycles. The van der Waals surface area contributed by atoms with E-state index in [2.05, 4.69) is 15.0 Å². The molecule has 4 heterocycles. The number of Topliss-reactive ketones (excluding diaryl/α,β-unsaturated/α-hetero) is 1. The SMILES string of the molecule is O=C(N[C@H]1CCCCC/C=C\[C@@H]2C[C@@]2(C(=O)NS(=O)(=O)C2CC2)CC(=O)[C@@H]2C[C@@H](Oc3nc4ccccc4c4cc(F)ccc34)CN2C1=O)c1nccs1. The van der Waals surface area contributed by atoms with Crippen molar-refractivity contribution in [1.29, 1.82) is 0 Å². The average molecular weight is 774 g/mol. The van der Waals surface area contributed by atoms with E-state index in [0.29, 0.717) is 54.8 Å². The van der Waals surface area contributed by atoms with Gasteiger partial charge in [0.2, 0.25) is 27.7 Å². The molecular formula is C39H40FN5O7S2. The number of pyridine rings is 1. The number of rotatable bonds is 7. The summed E-state index contributed by atoms with van der Waals surface area (Å²) in [6.07, 6.45) is 8.97. The molecule has 4 aromatic rings. The van der Waals surface area contributed by atoms with E-state index in [0.717, 1.165) is 29.6 Å². The summed E-state index contributed by atoms with van der Waals surface area (Å²) in [7, 11) is -3.87. The number of carbonyl (C=O) groups is 4. The van der Waals surface area contributed by atoms with Gasteiger partial charge in [-0.15, -0.1) is 11.3 Å². The van der Waals surface area contributed by atoms with E-state index >= 15 is 0 Å². The second kappa shape index (κ2) is 14.5. The normalized spacial score (nSPS) is 27.0. The first-order valence-corrected chi connectivity index (χ1v) is 20.9. The Morgan fingerprint density at radius 2 is 1.85 bits per heavy atom. The monoisotopic (exact) mass is 773 g/mol. The van der Waals surface area contributed by atoms with Crippen LogP contribution in [0.1, 0.15) is 74.0 Å². The van der Waals surface area contributed by atoms with E-state index in [1.165, 1.54) is 23.2 Å². The third-order valence-electron chi connectivity index (χ3n) is 11.1. The van der Waals surface area contributed by atoms with Crippen LogP contribution in [0.2, 0.25) is 0 Å². The largest absolute Gasteiger partial charge is 0.472 e. The molecule has 0 spiro atoms. The number of amides is 3. The van der Waals surface area contributed by atoms with Gasteiger partial charge in [-0.05, 0) is 74.1 Å². The zero-order chi connectivity index (χ0) is 37.6. The minimum atomic E-state index is -3.87. The molecule has 2 aliphatic heterocycles. The highest BCUT2D eigenvalue weighted by atomic mass is 32.2. The molecule has 4 aliphatic rings. The van der Waals surface area contributed by atoms with E-state index < -0.39 is 68.2 Å². The minimum absolute atomic E-state index is 0.0192. The van der Waals surface area contributed by atoms with Crippen molar-refractivity contribution in [2.75, 3.05) is 6.54 Å². The second-order valence-electron chi connectivity index (χ2n) is 14.8. The number of ketones is 1. The Morgan fingerprint density at radius 3 is 2.65 bits per heavy atom. The van der Waals surface area contributed by atoms with Gasteiger partial charge >= 0.3 is 0 Å². The molecule has 2 saturated carbocycles. The lowest BCUT2D eigenvalue weighted by Crippen LogP contribution is -2.52. The van der Waals surface area contributed by atoms with Gasteiger partial charge in [-0.1, -0.05) is 43.2 Å². The van der Waals surface area contributed by atoms with Crippen LogP contribution in [-0.4, -0.2) is 76.8 Å². The van der Waals surface area contributed by atoms with Gasteiger partial charge in [-0.25, -0.2) is 22.8 Å². The lowest BCUT2D eigenvalue weighted by Gasteiger charge is -2.29. The fourth-order valence-electron chi connectivity index (χ4n) is 7.89. The zero-order valence-corrected chi connectivity index (χ0v) is 31.0. The van der Waals surface area contributed by atoms with Crippen LogP contribution in [0.3, 0.4) is 0 Å². The number of nitrogens with zero attached hydrogens (tertiary/aromatic N) is 3. The summed E-state index contributed by atoms with van der Waals surface area (Å²) >= 11 is 1.15. The van der Waals surface area contributed by atoms with E-state index in [4.69, 9.17) is 9.72 Å². The fraction of sp³-hybridized carbons (Fsp3) is 0.436. The standard InChI is InChI=1S/C39H40FN5O7S2/c40-24-12-15-28-29(18-24)27-9-6-7-10-30(27)43-35(28)52-25-19-32-33(46)21-39(38(49)44-54(50,51)26-13-14-26)20-23(39)8-4-2-1-3-5-11-31(37(48)45(32)22-25)42-34(47)36-41-16-17-53-36/h4,6-10,12,15-18,23,25-26,31-32H,1-3,5,11,13-14,19-22H2,(H,42,47)(H,44,49)/b8-4-/t23-,25-,31+,32+,39-/m1/s1. The second-order valence-corrected chi connectivity index (χ2v) is 17.7. The maximum atomic E-state index is 14.6. The van der Waals surface area contributed by atoms with Crippen LogP contribution < -0.4 is 14.8 Å². The van der Waals surface area contributed by atoms with Crippen molar-refractivity contribution in [1.82, 2.24) is 24.9 Å². The van der Waals surface area contributed by atoms with Gasteiger partial charge in [-0.3, -0.25) is 23.9 Å². The first-order chi connectivity index (χ1) is 26.0. The van der Waals surface area contributed by atoms with Crippen LogP contribution in [0.5, 0.6) is 5.88 Å². The molecule has 1 saturated heterocycles. The van der Waals surface area contributed by atoms with Crippen molar-refractivity contribution in [3.8, 4) is 5.88 Å². The number of para-hydroxylation sites is 1. The molecule has 2 aromatic carbocycles. The Morgan fingerprint density at radius 1 is 1.02 bits per heavy atom. The molecule has 3 fully saturated rings. The summed E-state index contributed by atoms with van der Waals surface area (Å²) in [5.74, 6) is -2.59. The number of hydrogen-bond acceptors (Lipinski definition) is 10. The van der Waals surface area contributed by atoms with Gasteiger partial charge in [0.15, 0.2) is 10.8 Å². The summed E-state index contributed by atoms with van der Waals surface area (Å²) in [5, 5.41) is 6.03. The number of nitrogens with one attached hydrogen (secondary N) is 2. The number of thiazole rings is 1. The molecule has 8 rings (SSSR count). The van der Waals surface area contributed by atoms with Crippen molar-refractivity contribution in [3.05, 3.63) is 77.0 Å². The molecule has 282 valence electrons. The predicted molar refractivity (Wildman–Crippen MR) is 200 cm³/mol. The quantitative estimate of drug-likeness (QED) is 0.189. The average Bonchev–Trinajstić information content (AvgIpc) is 4.01. The van der Waals surface area contributed by atoms with Crippen LogP contribution in [0.4, 0.5) is 4.39 Å². The molecule has 15 heteroatoms. The summed E-state index contributed by atoms with van der Waals surface area (Å²) in [4.78, 5) is 66.4. The molecule has 5 atom stereocenters. The van der Waals surface area contributed by atoms with E-state index in [1.807, 2.05) is 30.4 Å². The molecule has 0 bridgehead atoms. The van der Waals surface area contributed by atoms with E-state index in [9.17, 15) is 32.0 Å². The number of sulfonamides is 1. The molecule has 54 heavy (non-hydrogen) atoms. The van der Waals surface area contributed by atoms with Crippen LogP contribution in [0, 0.1) is 17.2 Å². The number of aromatic nitrogens is 2. The number of allylic oxidation sites excluding steroid dienone is 2. The van der Waals surface area contributed by atoms with Gasteiger partial charge < -0.3 is 15.0 Å². The topological polar surface area (TPSA) is 165 Å². The van der Waals surface area contributed by atoms with Gasteiger partial charge in [-0.2, -0.15) is 0 Å². The molecule has 0 unspecified atom stereocenters. The van der Waals surface area contributed by atoms with Gasteiger partial charge in [0.1, 0.15) is 18.0 Å². The van der Waals surface area contributed by atoms with Gasteiger partial charge in [0.05, 0.1) is 28.8 Å². The highest BCUT2D eigenvalue weighted by molar-refractivity contribution is 7.90. The number of ether oxygens (including phenoxy) is 1. The van der Waals surface area contributed by atoms with Crippen LogP contribution in [0.15, 0.2) is 66.2 Å². The Balaban J connectivity index is 1.13. The van der Waals surface area contributed by atoms with Crippen LogP contribution in [-0.2, 0) is 24.4 Å². The smallest absolute Gasteiger partial charge is 0.280 e. The van der Waals surface area contributed by atoms with Crippen molar-refractivity contribution < 1.29 is 36.7 Å². The highest BCUT2D eigenvalue weighted by Gasteiger charge is 2.61. The Hall–Kier alpha value is -4.76. The van der Waals surface area contributed by atoms with Crippen molar-refractivity contribution in [2.24, 2.45) is 11.3 Å². The van der Waals surface area contributed by atoms with Crippen LogP contribution >= 0.6 is 11.3 Å². The Kier molecular flexibility index (Phi) is 9.71. The first-order valence-electron chi connectivity index (χ1n) is 18.4. The zero-order valence-electron chi connectivity index (χ0n) is 29.4. The molecule has 12 nitrogen and oxygen atoms in total. The maximum absolute atomic E-state index is 14.6. The molecule has 3 amide bonds. The third-order valence-corrected chi connectivity index (χ3v) is 13.7. The summed E-state index contributed by atoms with van der Waals surface area (Å²) in [5.41, 5.74) is -0.695. The number of benzene rings is 2. The minimum Gasteiger partial charge on any atom is -0.472 e. The lowest BCUT2D eigenvalue weighted by molar-refractivity contribution is -0.140. The lowest BCUT2D eigenvalue weighted by atomic mass is 9.91. The van der Waals surface area contributed by atoms with E-state index in [-0.39, 0.29) is 36.2 Å². The van der Waals surface area contributed by atoms with Gasteiger partial charge in [0.25, 0.3) is 5.91 Å². The van der Waals surface area contributed by atoms with Crippen molar-refractivity contribution in [2.45, 2.75) is 87.6 Å². The summed E-state index contributed by atoms with van der Waals surface area (Å²) < 4.78 is 49.0. The number of fused-ring (bicyclic) bond motifs is 5. The Bertz CT molecular complexity index is 2280. The number of halogens is 1. The third kappa shape index (κ3) is 7.22. The van der Waals surface area contributed by atoms with Crippen LogP contribution in [0.25, 0.3) is 21.7 Å². The highest BCUT2D eigenvalue weighted by Crippen LogP contribution is 2.57. The van der Waals surface area contributed by atoms with Crippen molar-refractivity contribution in [3.63, 3.8) is 0 Å². The van der Waals surface area contributed by atoms with Gasteiger partial charge in [0, 0.05) is 35.2 Å². The number of carbonyl (C=O) groups excluding carboxylic acids is 4. The number of hydrogen-bond donors (Lipinski definition) is 2. The molecule has 2 N–H and O–H groups in total. The fourth-order valence-corrected chi connectivity index (χ4v) is 9.81. The molecule has 0 radical (unpaired) electrons. The predicted octanol–water partition coefficient (Wildman–Crippen LogP) is 5.22. The molecule has 2 aromatic heterocycles. The first kappa shape index (κ1) is 36.2. The molecular weight excluding hydrogens is 734 g/mol. The van der Waals surface area contributed by atoms with Crippen molar-refractivity contribution >= 4 is 66.5 Å². The summed E-state index contributed by atoms with van der Waals surface area (Å²) in [6.45, 7) is -0.0192. The maximum Gasteiger partial charge on any atom is 0.280 e. The Labute approximate surface area is 315 Å². The summed E-state index contributed by atoms with van der Waals surface area (Å²) in [6, 6.07) is 9.63. The van der Waals surface area contributed by atoms with E-state index in [1.54, 1.807) is 17.5 Å².